The predicted molar refractivity (Wildman–Crippen MR) is 64.1 cm³/mol. The van der Waals surface area contributed by atoms with E-state index in [1.807, 2.05) is 0 Å². The molecule has 2 nitrogen and oxygen atoms in total. The van der Waals surface area contributed by atoms with E-state index >= 15 is 0 Å². The topological polar surface area (TPSA) is 49.9 Å². The third kappa shape index (κ3) is 2.01. The van der Waals surface area contributed by atoms with Gasteiger partial charge in [0.15, 0.2) is 0 Å². The van der Waals surface area contributed by atoms with Crippen molar-refractivity contribution >= 4 is 11.9 Å². The molecule has 0 unspecified atom stereocenters. The zero-order valence-corrected chi connectivity index (χ0v) is 8.87. The van der Waals surface area contributed by atoms with Crippen LogP contribution in [0, 0.1) is 17.0 Å². The molecule has 0 saturated heterocycles. The second-order valence-electron chi connectivity index (χ2n) is 3.58. The summed E-state index contributed by atoms with van der Waals surface area (Å²) in [6, 6.07) is 8.25. The number of nitrogens with two attached hydrogens (primary N) is 1. The van der Waals surface area contributed by atoms with Gasteiger partial charge in [0.05, 0.1) is 5.56 Å². The van der Waals surface area contributed by atoms with Crippen molar-refractivity contribution in [1.82, 2.24) is 0 Å². The van der Waals surface area contributed by atoms with Gasteiger partial charge in [-0.15, -0.1) is 0 Å². The number of hydrogen-bond donors (Lipinski definition) is 2. The fourth-order valence-corrected chi connectivity index (χ4v) is 1.63. The van der Waals surface area contributed by atoms with Crippen molar-refractivity contribution < 1.29 is 8.78 Å². The Balaban J connectivity index is 2.65. The van der Waals surface area contributed by atoms with Gasteiger partial charge < -0.3 is 11.1 Å². The van der Waals surface area contributed by atoms with Gasteiger partial charge in [-0.25, -0.2) is 8.78 Å². The Bertz CT molecular complexity index is 559. The lowest BCUT2D eigenvalue weighted by Gasteiger charge is -2.07. The van der Waals surface area contributed by atoms with Crippen LogP contribution >= 0.6 is 0 Å². The molecule has 86 valence electrons. The van der Waals surface area contributed by atoms with Crippen LogP contribution in [0.15, 0.2) is 36.4 Å². The number of rotatable bonds is 2. The summed E-state index contributed by atoms with van der Waals surface area (Å²) in [5, 5.41) is 7.16. The van der Waals surface area contributed by atoms with E-state index in [0.29, 0.717) is 16.8 Å². The van der Waals surface area contributed by atoms with Crippen molar-refractivity contribution in [3.05, 3.63) is 53.6 Å². The molecule has 4 heteroatoms. The second kappa shape index (κ2) is 4.33. The van der Waals surface area contributed by atoms with Gasteiger partial charge in [-0.2, -0.15) is 0 Å². The van der Waals surface area contributed by atoms with E-state index in [-0.39, 0.29) is 5.56 Å². The molecule has 2 aromatic rings. The first kappa shape index (κ1) is 11.3. The Kier molecular flexibility index (Phi) is 2.87. The Hall–Kier alpha value is -2.23. The van der Waals surface area contributed by atoms with Gasteiger partial charge in [0.25, 0.3) is 0 Å². The average Bonchev–Trinajstić information content (AvgIpc) is 2.31. The Morgan fingerprint density at radius 1 is 1.06 bits per heavy atom. The molecule has 0 fully saturated rings. The molecule has 3 N–H and O–H groups in total. The number of anilines is 1. The minimum atomic E-state index is -0.634. The highest BCUT2D eigenvalue weighted by Crippen LogP contribution is 2.27. The summed E-state index contributed by atoms with van der Waals surface area (Å²) in [5.74, 6) is -1.27. The standard InChI is InChI=1S/C13H10F2N2/c14-10-2-1-3-11(15)13(10)8-4-5-12(17)9(6-8)7-16/h1-7,16H,17H2. The molecule has 0 aromatic heterocycles. The summed E-state index contributed by atoms with van der Waals surface area (Å²) >= 11 is 0. The van der Waals surface area contributed by atoms with Gasteiger partial charge in [-0.05, 0) is 29.8 Å². The zero-order chi connectivity index (χ0) is 12.4. The minimum absolute atomic E-state index is 0.101. The molecular formula is C13H10F2N2. The van der Waals surface area contributed by atoms with E-state index in [1.165, 1.54) is 36.4 Å². The molecule has 0 aliphatic heterocycles. The number of nitrogen functional groups attached to an aromatic ring is 1. The third-order valence-corrected chi connectivity index (χ3v) is 2.49. The molecule has 0 spiro atoms. The van der Waals surface area contributed by atoms with E-state index in [2.05, 4.69) is 0 Å². The van der Waals surface area contributed by atoms with Crippen LogP contribution in [0.4, 0.5) is 14.5 Å². The maximum Gasteiger partial charge on any atom is 0.133 e. The van der Waals surface area contributed by atoms with Gasteiger partial charge in [0.1, 0.15) is 11.6 Å². The van der Waals surface area contributed by atoms with E-state index in [4.69, 9.17) is 11.1 Å². The molecule has 0 bridgehead atoms. The summed E-state index contributed by atoms with van der Waals surface area (Å²) in [5.41, 5.74) is 6.72. The average molecular weight is 232 g/mol. The van der Waals surface area contributed by atoms with E-state index in [0.717, 1.165) is 6.21 Å². The lowest BCUT2D eigenvalue weighted by molar-refractivity contribution is 0.589. The highest BCUT2D eigenvalue weighted by atomic mass is 19.1. The smallest absolute Gasteiger partial charge is 0.133 e. The summed E-state index contributed by atoms with van der Waals surface area (Å²) in [7, 11) is 0. The normalized spacial score (nSPS) is 10.2. The predicted octanol–water partition coefficient (Wildman–Crippen LogP) is 3.21. The molecule has 0 aliphatic rings. The first-order valence-corrected chi connectivity index (χ1v) is 4.98. The Morgan fingerprint density at radius 3 is 2.29 bits per heavy atom. The highest BCUT2D eigenvalue weighted by Gasteiger charge is 2.11. The molecule has 2 aromatic carbocycles. The van der Waals surface area contributed by atoms with Crippen molar-refractivity contribution in [3.8, 4) is 11.1 Å². The quantitative estimate of drug-likeness (QED) is 0.606. The molecule has 0 radical (unpaired) electrons. The van der Waals surface area contributed by atoms with Crippen LogP contribution in [0.3, 0.4) is 0 Å². The lowest BCUT2D eigenvalue weighted by atomic mass is 10.0. The zero-order valence-electron chi connectivity index (χ0n) is 8.87. The molecule has 17 heavy (non-hydrogen) atoms. The molecule has 0 saturated carbocycles. The third-order valence-electron chi connectivity index (χ3n) is 2.49. The fraction of sp³-hybridized carbons (Fsp3) is 0. The summed E-state index contributed by atoms with van der Waals surface area (Å²) in [6.45, 7) is 0. The summed E-state index contributed by atoms with van der Waals surface area (Å²) in [4.78, 5) is 0. The number of hydrogen-bond acceptors (Lipinski definition) is 2. The van der Waals surface area contributed by atoms with E-state index in [9.17, 15) is 8.78 Å². The molecule has 0 amide bonds. The first-order chi connectivity index (χ1) is 8.13. The van der Waals surface area contributed by atoms with Crippen molar-refractivity contribution in [2.45, 2.75) is 0 Å². The van der Waals surface area contributed by atoms with E-state index < -0.39 is 11.6 Å². The summed E-state index contributed by atoms with van der Waals surface area (Å²) in [6.07, 6.45) is 1.05. The summed E-state index contributed by atoms with van der Waals surface area (Å²) < 4.78 is 27.1. The van der Waals surface area contributed by atoms with Crippen LogP contribution in [0.25, 0.3) is 11.1 Å². The molecule has 0 aliphatic carbocycles. The van der Waals surface area contributed by atoms with Crippen LogP contribution < -0.4 is 5.73 Å². The van der Waals surface area contributed by atoms with E-state index in [1.54, 1.807) is 0 Å². The van der Waals surface area contributed by atoms with Crippen LogP contribution in [0.5, 0.6) is 0 Å². The largest absolute Gasteiger partial charge is 0.398 e. The number of nitrogens with one attached hydrogen (secondary N) is 1. The van der Waals surface area contributed by atoms with Gasteiger partial charge >= 0.3 is 0 Å². The maximum atomic E-state index is 13.5. The Labute approximate surface area is 97.2 Å². The second-order valence-corrected chi connectivity index (χ2v) is 3.58. The van der Waals surface area contributed by atoms with Crippen LogP contribution in [0.2, 0.25) is 0 Å². The van der Waals surface area contributed by atoms with Crippen molar-refractivity contribution in [2.24, 2.45) is 0 Å². The SMILES string of the molecule is N=Cc1cc(-c2c(F)cccc2F)ccc1N. The molecular weight excluding hydrogens is 222 g/mol. The highest BCUT2D eigenvalue weighted by molar-refractivity contribution is 5.87. The first-order valence-electron chi connectivity index (χ1n) is 4.98. The fourth-order valence-electron chi connectivity index (χ4n) is 1.63. The monoisotopic (exact) mass is 232 g/mol. The van der Waals surface area contributed by atoms with Crippen LogP contribution in [-0.4, -0.2) is 6.21 Å². The van der Waals surface area contributed by atoms with Gasteiger partial charge in [0.2, 0.25) is 0 Å². The number of halogens is 2. The molecule has 0 atom stereocenters. The van der Waals surface area contributed by atoms with Crippen LogP contribution in [0.1, 0.15) is 5.56 Å². The van der Waals surface area contributed by atoms with Crippen LogP contribution in [-0.2, 0) is 0 Å². The van der Waals surface area contributed by atoms with Gasteiger partial charge in [-0.3, -0.25) is 0 Å². The Morgan fingerprint density at radius 2 is 1.71 bits per heavy atom. The minimum Gasteiger partial charge on any atom is -0.398 e. The van der Waals surface area contributed by atoms with Crippen molar-refractivity contribution in [2.75, 3.05) is 5.73 Å². The molecule has 0 heterocycles. The van der Waals surface area contributed by atoms with Gasteiger partial charge in [-0.1, -0.05) is 12.1 Å². The van der Waals surface area contributed by atoms with Crippen molar-refractivity contribution in [3.63, 3.8) is 0 Å². The maximum absolute atomic E-state index is 13.5. The van der Waals surface area contributed by atoms with Crippen molar-refractivity contribution in [1.29, 1.82) is 5.41 Å². The lowest BCUT2D eigenvalue weighted by Crippen LogP contribution is -1.95. The van der Waals surface area contributed by atoms with Gasteiger partial charge in [0, 0.05) is 17.5 Å². The number of benzene rings is 2. The molecule has 2 rings (SSSR count).